The van der Waals surface area contributed by atoms with Gasteiger partial charge < -0.3 is 10.1 Å². The van der Waals surface area contributed by atoms with Crippen LogP contribution in [0.2, 0.25) is 0 Å². The van der Waals surface area contributed by atoms with Crippen molar-refractivity contribution in [3.05, 3.63) is 35.4 Å². The van der Waals surface area contributed by atoms with Crippen LogP contribution < -0.4 is 5.32 Å². The fourth-order valence-corrected chi connectivity index (χ4v) is 0.997. The van der Waals surface area contributed by atoms with E-state index in [1.54, 1.807) is 0 Å². The minimum absolute atomic E-state index is 0.0782. The lowest BCUT2D eigenvalue weighted by atomic mass is 10.2. The van der Waals surface area contributed by atoms with E-state index in [4.69, 9.17) is 0 Å². The molecule has 1 amide bonds. The van der Waals surface area contributed by atoms with Crippen LogP contribution in [0.5, 0.6) is 0 Å². The van der Waals surface area contributed by atoms with Gasteiger partial charge in [0.1, 0.15) is 0 Å². The zero-order valence-electron chi connectivity index (χ0n) is 8.42. The lowest BCUT2D eigenvalue weighted by Crippen LogP contribution is -2.31. The molecule has 0 spiro atoms. The number of carbonyl (C=O) groups excluding carboxylic acids is 2. The highest BCUT2D eigenvalue weighted by Crippen LogP contribution is 2.08. The Kier molecular flexibility index (Phi) is 3.93. The summed E-state index contributed by atoms with van der Waals surface area (Å²) < 4.78 is 29.5. The van der Waals surface area contributed by atoms with Crippen LogP contribution in [0, 0.1) is 11.6 Å². The van der Waals surface area contributed by atoms with Gasteiger partial charge in [-0.25, -0.2) is 13.6 Å². The number of methoxy groups -OCH3 is 1. The van der Waals surface area contributed by atoms with Gasteiger partial charge in [-0.1, -0.05) is 6.07 Å². The summed E-state index contributed by atoms with van der Waals surface area (Å²) in [4.78, 5) is 21.6. The quantitative estimate of drug-likeness (QED) is 0.601. The van der Waals surface area contributed by atoms with Gasteiger partial charge in [0.25, 0.3) is 0 Å². The monoisotopic (exact) mass is 229 g/mol. The Morgan fingerprint density at radius 3 is 2.56 bits per heavy atom. The maximum absolute atomic E-state index is 12.7. The van der Waals surface area contributed by atoms with E-state index in [0.717, 1.165) is 19.2 Å². The van der Waals surface area contributed by atoms with Crippen LogP contribution in [-0.4, -0.2) is 19.0 Å². The number of amides is 1. The van der Waals surface area contributed by atoms with Gasteiger partial charge in [-0.2, -0.15) is 0 Å². The first-order valence-corrected chi connectivity index (χ1v) is 4.34. The summed E-state index contributed by atoms with van der Waals surface area (Å²) in [6.07, 6.45) is 0. The normalized spacial score (nSPS) is 9.69. The average Bonchev–Trinajstić information content (AvgIpc) is 2.29. The molecule has 0 bridgehead atoms. The molecular weight excluding hydrogens is 220 g/mol. The SMILES string of the molecule is COC(=O)C(=O)NCc1ccc(F)c(F)c1. The Morgan fingerprint density at radius 1 is 1.31 bits per heavy atom. The van der Waals surface area contributed by atoms with Gasteiger partial charge in [0.15, 0.2) is 11.6 Å². The van der Waals surface area contributed by atoms with Crippen molar-refractivity contribution in [3.63, 3.8) is 0 Å². The molecule has 0 heterocycles. The molecule has 0 fully saturated rings. The minimum Gasteiger partial charge on any atom is -0.462 e. The predicted molar refractivity (Wildman–Crippen MR) is 50.2 cm³/mol. The molecule has 0 radical (unpaired) electrons. The summed E-state index contributed by atoms with van der Waals surface area (Å²) in [5.41, 5.74) is 0.344. The molecule has 0 atom stereocenters. The summed E-state index contributed by atoms with van der Waals surface area (Å²) >= 11 is 0. The summed E-state index contributed by atoms with van der Waals surface area (Å²) in [6.45, 7) is -0.0782. The van der Waals surface area contributed by atoms with Crippen LogP contribution in [0.15, 0.2) is 18.2 Å². The summed E-state index contributed by atoms with van der Waals surface area (Å²) in [5.74, 6) is -3.96. The molecule has 86 valence electrons. The first kappa shape index (κ1) is 12.1. The molecular formula is C10H9F2NO3. The van der Waals surface area contributed by atoms with E-state index in [1.807, 2.05) is 0 Å². The Bertz CT molecular complexity index is 421. The van der Waals surface area contributed by atoms with Crippen molar-refractivity contribution >= 4 is 11.9 Å². The van der Waals surface area contributed by atoms with Gasteiger partial charge in [-0.3, -0.25) is 4.79 Å². The van der Waals surface area contributed by atoms with Crippen LogP contribution in [0.3, 0.4) is 0 Å². The van der Waals surface area contributed by atoms with Crippen molar-refractivity contribution in [3.8, 4) is 0 Å². The number of hydrogen-bond donors (Lipinski definition) is 1. The van der Waals surface area contributed by atoms with Crippen molar-refractivity contribution in [1.29, 1.82) is 0 Å². The highest BCUT2D eigenvalue weighted by molar-refractivity contribution is 6.32. The fourth-order valence-electron chi connectivity index (χ4n) is 0.997. The maximum Gasteiger partial charge on any atom is 0.396 e. The fraction of sp³-hybridized carbons (Fsp3) is 0.200. The van der Waals surface area contributed by atoms with E-state index in [1.165, 1.54) is 6.07 Å². The minimum atomic E-state index is -1.04. The molecule has 1 aromatic carbocycles. The zero-order chi connectivity index (χ0) is 12.1. The Balaban J connectivity index is 2.58. The summed E-state index contributed by atoms with van der Waals surface area (Å²) in [6, 6.07) is 3.18. The topological polar surface area (TPSA) is 55.4 Å². The summed E-state index contributed by atoms with van der Waals surface area (Å²) in [5, 5.41) is 2.19. The van der Waals surface area contributed by atoms with Gasteiger partial charge in [0.2, 0.25) is 0 Å². The van der Waals surface area contributed by atoms with Gasteiger partial charge in [-0.05, 0) is 17.7 Å². The third-order valence-corrected chi connectivity index (χ3v) is 1.81. The number of hydrogen-bond acceptors (Lipinski definition) is 3. The zero-order valence-corrected chi connectivity index (χ0v) is 8.42. The van der Waals surface area contributed by atoms with Crippen LogP contribution in [-0.2, 0) is 20.9 Å². The van der Waals surface area contributed by atoms with Crippen molar-refractivity contribution < 1.29 is 23.1 Å². The lowest BCUT2D eigenvalue weighted by Gasteiger charge is -2.04. The molecule has 0 unspecified atom stereocenters. The standard InChI is InChI=1S/C10H9F2NO3/c1-16-10(15)9(14)13-5-6-2-3-7(11)8(12)4-6/h2-4H,5H2,1H3,(H,13,14). The molecule has 0 saturated heterocycles. The number of carbonyl (C=O) groups is 2. The van der Waals surface area contributed by atoms with Crippen LogP contribution in [0.4, 0.5) is 8.78 Å². The summed E-state index contributed by atoms with van der Waals surface area (Å²) in [7, 11) is 1.07. The number of benzene rings is 1. The molecule has 4 nitrogen and oxygen atoms in total. The smallest absolute Gasteiger partial charge is 0.396 e. The number of rotatable bonds is 2. The van der Waals surface area contributed by atoms with E-state index < -0.39 is 23.5 Å². The van der Waals surface area contributed by atoms with Crippen molar-refractivity contribution in [2.24, 2.45) is 0 Å². The Labute approximate surface area is 90.2 Å². The van der Waals surface area contributed by atoms with Crippen molar-refractivity contribution in [1.82, 2.24) is 5.32 Å². The van der Waals surface area contributed by atoms with E-state index in [0.29, 0.717) is 5.56 Å². The number of esters is 1. The third kappa shape index (κ3) is 3.01. The molecule has 1 rings (SSSR count). The van der Waals surface area contributed by atoms with Gasteiger partial charge in [0.05, 0.1) is 7.11 Å². The number of halogens is 2. The number of ether oxygens (including phenoxy) is 1. The van der Waals surface area contributed by atoms with Crippen molar-refractivity contribution in [2.75, 3.05) is 7.11 Å². The van der Waals surface area contributed by atoms with Crippen LogP contribution >= 0.6 is 0 Å². The molecule has 0 aliphatic carbocycles. The molecule has 0 aromatic heterocycles. The van der Waals surface area contributed by atoms with Crippen LogP contribution in [0.1, 0.15) is 5.56 Å². The Morgan fingerprint density at radius 2 is 2.00 bits per heavy atom. The highest BCUT2D eigenvalue weighted by atomic mass is 19.2. The second-order valence-corrected chi connectivity index (χ2v) is 2.92. The second kappa shape index (κ2) is 5.20. The molecule has 6 heteroatoms. The second-order valence-electron chi connectivity index (χ2n) is 2.92. The third-order valence-electron chi connectivity index (χ3n) is 1.81. The average molecular weight is 229 g/mol. The van der Waals surface area contributed by atoms with E-state index >= 15 is 0 Å². The lowest BCUT2D eigenvalue weighted by molar-refractivity contribution is -0.152. The first-order chi connectivity index (χ1) is 7.54. The van der Waals surface area contributed by atoms with Gasteiger partial charge >= 0.3 is 11.9 Å². The highest BCUT2D eigenvalue weighted by Gasteiger charge is 2.12. The molecule has 1 N–H and O–H groups in total. The molecule has 0 aliphatic heterocycles. The molecule has 0 saturated carbocycles. The molecule has 16 heavy (non-hydrogen) atoms. The number of nitrogens with one attached hydrogen (secondary N) is 1. The van der Waals surface area contributed by atoms with Crippen molar-refractivity contribution in [2.45, 2.75) is 6.54 Å². The van der Waals surface area contributed by atoms with Crippen LogP contribution in [0.25, 0.3) is 0 Å². The van der Waals surface area contributed by atoms with Gasteiger partial charge in [0, 0.05) is 6.54 Å². The van der Waals surface area contributed by atoms with E-state index in [2.05, 4.69) is 10.1 Å². The first-order valence-electron chi connectivity index (χ1n) is 4.34. The molecule has 1 aromatic rings. The van der Waals surface area contributed by atoms with E-state index in [9.17, 15) is 18.4 Å². The largest absolute Gasteiger partial charge is 0.462 e. The molecule has 0 aliphatic rings. The van der Waals surface area contributed by atoms with E-state index in [-0.39, 0.29) is 6.54 Å². The Hall–Kier alpha value is -1.98. The maximum atomic E-state index is 12.7. The van der Waals surface area contributed by atoms with Gasteiger partial charge in [-0.15, -0.1) is 0 Å². The predicted octanol–water partition coefficient (Wildman–Crippen LogP) is 0.754.